The Labute approximate surface area is 114 Å². The number of aliphatic hydroxyl groups excluding tert-OH is 1. The van der Waals surface area contributed by atoms with Gasteiger partial charge in [-0.1, -0.05) is 6.07 Å². The van der Waals surface area contributed by atoms with Gasteiger partial charge in [-0.3, -0.25) is 4.79 Å². The molecular weight excluding hydrogens is 242 g/mol. The first-order valence-corrected chi connectivity index (χ1v) is 6.59. The second kappa shape index (κ2) is 5.61. The van der Waals surface area contributed by atoms with Crippen LogP contribution in [0, 0.1) is 12.8 Å². The summed E-state index contributed by atoms with van der Waals surface area (Å²) in [5.74, 6) is 1.16. The molecular formula is C15H21NO3. The van der Waals surface area contributed by atoms with E-state index in [9.17, 15) is 9.90 Å². The van der Waals surface area contributed by atoms with Gasteiger partial charge < -0.3 is 14.7 Å². The number of amides is 1. The molecule has 0 aromatic heterocycles. The second-order valence-corrected chi connectivity index (χ2v) is 5.36. The monoisotopic (exact) mass is 263 g/mol. The predicted molar refractivity (Wildman–Crippen MR) is 73.4 cm³/mol. The molecule has 4 heteroatoms. The van der Waals surface area contributed by atoms with Crippen LogP contribution in [0.25, 0.3) is 0 Å². The number of nitrogens with zero attached hydrogens (tertiary/aromatic N) is 1. The van der Waals surface area contributed by atoms with Crippen molar-refractivity contribution in [2.45, 2.75) is 25.9 Å². The minimum Gasteiger partial charge on any atom is -0.496 e. The molecule has 19 heavy (non-hydrogen) atoms. The van der Waals surface area contributed by atoms with Gasteiger partial charge >= 0.3 is 0 Å². The number of hydrogen-bond donors (Lipinski definition) is 1. The summed E-state index contributed by atoms with van der Waals surface area (Å²) in [5, 5.41) is 9.27. The Kier molecular flexibility index (Phi) is 4.10. The van der Waals surface area contributed by atoms with E-state index in [1.165, 1.54) is 0 Å². The number of ether oxygens (including phenoxy) is 1. The van der Waals surface area contributed by atoms with Crippen LogP contribution in [0.4, 0.5) is 0 Å². The Morgan fingerprint density at radius 1 is 1.47 bits per heavy atom. The van der Waals surface area contributed by atoms with Crippen molar-refractivity contribution in [3.63, 3.8) is 0 Å². The maximum absolute atomic E-state index is 12.3. The minimum atomic E-state index is -0.173. The van der Waals surface area contributed by atoms with Gasteiger partial charge in [0.25, 0.3) is 5.91 Å². The zero-order valence-corrected chi connectivity index (χ0v) is 11.7. The van der Waals surface area contributed by atoms with Crippen molar-refractivity contribution in [3.05, 3.63) is 29.3 Å². The molecule has 1 fully saturated rings. The average Bonchev–Trinajstić information content (AvgIpc) is 2.36. The van der Waals surface area contributed by atoms with Crippen molar-refractivity contribution in [2.75, 3.05) is 20.7 Å². The van der Waals surface area contributed by atoms with Crippen LogP contribution in [0.3, 0.4) is 0 Å². The third-order valence-corrected chi connectivity index (χ3v) is 3.74. The molecule has 1 amide bonds. The van der Waals surface area contributed by atoms with Gasteiger partial charge in [-0.2, -0.15) is 0 Å². The fraction of sp³-hybridized carbons (Fsp3) is 0.533. The number of aliphatic hydroxyl groups is 1. The van der Waals surface area contributed by atoms with Crippen LogP contribution in [-0.2, 0) is 0 Å². The van der Waals surface area contributed by atoms with E-state index in [-0.39, 0.29) is 12.0 Å². The number of methoxy groups -OCH3 is 1. The molecule has 4 nitrogen and oxygen atoms in total. The van der Waals surface area contributed by atoms with Crippen molar-refractivity contribution < 1.29 is 14.6 Å². The van der Waals surface area contributed by atoms with E-state index in [0.717, 1.165) is 24.2 Å². The van der Waals surface area contributed by atoms with Crippen LogP contribution in [0.1, 0.15) is 28.8 Å². The summed E-state index contributed by atoms with van der Waals surface area (Å²) in [6.45, 7) is 2.65. The van der Waals surface area contributed by atoms with Gasteiger partial charge in [0.1, 0.15) is 5.75 Å². The van der Waals surface area contributed by atoms with E-state index >= 15 is 0 Å². The number of carbonyl (C=O) groups is 1. The van der Waals surface area contributed by atoms with E-state index in [1.54, 1.807) is 25.1 Å². The van der Waals surface area contributed by atoms with Crippen LogP contribution in [0.5, 0.6) is 5.75 Å². The van der Waals surface area contributed by atoms with E-state index in [0.29, 0.717) is 18.0 Å². The second-order valence-electron chi connectivity index (χ2n) is 5.36. The summed E-state index contributed by atoms with van der Waals surface area (Å²) in [6, 6.07) is 5.50. The maximum atomic E-state index is 12.3. The Morgan fingerprint density at radius 3 is 2.74 bits per heavy atom. The smallest absolute Gasteiger partial charge is 0.253 e. The lowest BCUT2D eigenvalue weighted by Crippen LogP contribution is -2.39. The summed E-state index contributed by atoms with van der Waals surface area (Å²) in [5.41, 5.74) is 1.66. The van der Waals surface area contributed by atoms with Gasteiger partial charge in [-0.15, -0.1) is 0 Å². The zero-order chi connectivity index (χ0) is 14.0. The molecule has 0 radical (unpaired) electrons. The minimum absolute atomic E-state index is 0.000287. The number of carbonyl (C=O) groups excluding carboxylic acids is 1. The Morgan fingerprint density at radius 2 is 2.16 bits per heavy atom. The van der Waals surface area contributed by atoms with E-state index < -0.39 is 0 Å². The van der Waals surface area contributed by atoms with Gasteiger partial charge in [0, 0.05) is 19.2 Å². The van der Waals surface area contributed by atoms with Gasteiger partial charge in [0.2, 0.25) is 0 Å². The van der Waals surface area contributed by atoms with Crippen molar-refractivity contribution in [2.24, 2.45) is 5.92 Å². The average molecular weight is 263 g/mol. The standard InChI is InChI=1S/C15H21NO3/c1-10-4-5-12(8-14(10)19-3)15(18)16(2)9-11-6-13(17)7-11/h4-5,8,11,13,17H,6-7,9H2,1-3H3. The molecule has 0 spiro atoms. The molecule has 0 heterocycles. The highest BCUT2D eigenvalue weighted by Gasteiger charge is 2.29. The van der Waals surface area contributed by atoms with Crippen LogP contribution in [-0.4, -0.2) is 42.7 Å². The molecule has 0 unspecified atom stereocenters. The molecule has 1 N–H and O–H groups in total. The van der Waals surface area contributed by atoms with E-state index in [4.69, 9.17) is 4.74 Å². The zero-order valence-electron chi connectivity index (χ0n) is 11.7. The van der Waals surface area contributed by atoms with Crippen molar-refractivity contribution in [1.29, 1.82) is 0 Å². The highest BCUT2D eigenvalue weighted by Crippen LogP contribution is 2.28. The Hall–Kier alpha value is -1.55. The molecule has 0 aliphatic heterocycles. The maximum Gasteiger partial charge on any atom is 0.253 e. The van der Waals surface area contributed by atoms with Crippen LogP contribution < -0.4 is 4.74 Å². The molecule has 0 bridgehead atoms. The summed E-state index contributed by atoms with van der Waals surface area (Å²) >= 11 is 0. The molecule has 1 aromatic carbocycles. The van der Waals surface area contributed by atoms with Crippen molar-refractivity contribution in [3.8, 4) is 5.75 Å². The van der Waals surface area contributed by atoms with Gasteiger partial charge in [-0.25, -0.2) is 0 Å². The highest BCUT2D eigenvalue weighted by molar-refractivity contribution is 5.94. The van der Waals surface area contributed by atoms with Gasteiger partial charge in [-0.05, 0) is 43.4 Å². The third-order valence-electron chi connectivity index (χ3n) is 3.74. The fourth-order valence-corrected chi connectivity index (χ4v) is 2.49. The van der Waals surface area contributed by atoms with Crippen molar-refractivity contribution >= 4 is 5.91 Å². The van der Waals surface area contributed by atoms with Gasteiger partial charge in [0.15, 0.2) is 0 Å². The van der Waals surface area contributed by atoms with E-state index in [2.05, 4.69) is 0 Å². The Bertz CT molecular complexity index is 466. The molecule has 0 saturated heterocycles. The summed E-state index contributed by atoms with van der Waals surface area (Å²) in [7, 11) is 3.41. The largest absolute Gasteiger partial charge is 0.496 e. The highest BCUT2D eigenvalue weighted by atomic mass is 16.5. The number of aryl methyl sites for hydroxylation is 1. The number of hydrogen-bond acceptors (Lipinski definition) is 3. The fourth-order valence-electron chi connectivity index (χ4n) is 2.49. The first-order valence-electron chi connectivity index (χ1n) is 6.59. The summed E-state index contributed by atoms with van der Waals surface area (Å²) < 4.78 is 5.24. The molecule has 1 saturated carbocycles. The molecule has 104 valence electrons. The van der Waals surface area contributed by atoms with Gasteiger partial charge in [0.05, 0.1) is 13.2 Å². The lowest BCUT2D eigenvalue weighted by Gasteiger charge is -2.34. The Balaban J connectivity index is 2.02. The van der Waals surface area contributed by atoms with Crippen LogP contribution >= 0.6 is 0 Å². The molecule has 2 rings (SSSR count). The van der Waals surface area contributed by atoms with E-state index in [1.807, 2.05) is 19.1 Å². The SMILES string of the molecule is COc1cc(C(=O)N(C)CC2CC(O)C2)ccc1C. The lowest BCUT2D eigenvalue weighted by molar-refractivity contribution is 0.0265. The topological polar surface area (TPSA) is 49.8 Å². The number of benzene rings is 1. The molecule has 1 aromatic rings. The predicted octanol–water partition coefficient (Wildman–Crippen LogP) is 1.85. The summed E-state index contributed by atoms with van der Waals surface area (Å²) in [6.07, 6.45) is 1.43. The molecule has 1 aliphatic rings. The van der Waals surface area contributed by atoms with Crippen LogP contribution in [0.15, 0.2) is 18.2 Å². The lowest BCUT2D eigenvalue weighted by atomic mass is 9.82. The quantitative estimate of drug-likeness (QED) is 0.902. The molecule has 1 aliphatic carbocycles. The first-order chi connectivity index (χ1) is 9.01. The van der Waals surface area contributed by atoms with Crippen molar-refractivity contribution in [1.82, 2.24) is 4.90 Å². The summed E-state index contributed by atoms with van der Waals surface area (Å²) in [4.78, 5) is 14.0. The normalized spacial score (nSPS) is 21.7. The molecule has 0 atom stereocenters. The van der Waals surface area contributed by atoms with Crippen LogP contribution in [0.2, 0.25) is 0 Å². The third kappa shape index (κ3) is 3.07. The number of rotatable bonds is 4. The first kappa shape index (κ1) is 13.9.